The zero-order chi connectivity index (χ0) is 11.8. The summed E-state index contributed by atoms with van der Waals surface area (Å²) in [5, 5.41) is 0. The summed E-state index contributed by atoms with van der Waals surface area (Å²) >= 11 is 0. The predicted octanol–water partition coefficient (Wildman–Crippen LogP) is 0.895. The van der Waals surface area contributed by atoms with E-state index >= 15 is 0 Å². The summed E-state index contributed by atoms with van der Waals surface area (Å²) < 4.78 is 20.1. The highest BCUT2D eigenvalue weighted by atomic mass is 31.2. The van der Waals surface area contributed by atoms with Gasteiger partial charge in [0, 0.05) is 25.9 Å². The summed E-state index contributed by atoms with van der Waals surface area (Å²) in [6, 6.07) is 0. The topological polar surface area (TPSA) is 57.2 Å². The summed E-state index contributed by atoms with van der Waals surface area (Å²) in [6.45, 7) is 2.35. The van der Waals surface area contributed by atoms with Crippen molar-refractivity contribution in [3.63, 3.8) is 0 Å². The van der Waals surface area contributed by atoms with E-state index in [0.717, 1.165) is 0 Å². The Kier molecular flexibility index (Phi) is 6.33. The number of hydrogen-bond acceptors (Lipinski definition) is 6. The molecule has 0 aromatic carbocycles. The Morgan fingerprint density at radius 1 is 1.50 bits per heavy atom. The molecule has 0 amide bonds. The Morgan fingerprint density at radius 2 is 2.19 bits per heavy atom. The highest BCUT2D eigenvalue weighted by Crippen LogP contribution is 2.43. The second-order valence-corrected chi connectivity index (χ2v) is 4.26. The van der Waals surface area contributed by atoms with Crippen LogP contribution in [0.25, 0.3) is 0 Å². The van der Waals surface area contributed by atoms with E-state index in [2.05, 4.69) is 4.74 Å². The maximum atomic E-state index is 10.8. The van der Waals surface area contributed by atoms with Crippen molar-refractivity contribution in [3.8, 4) is 0 Å². The van der Waals surface area contributed by atoms with Crippen LogP contribution in [0.15, 0.2) is 12.3 Å². The van der Waals surface area contributed by atoms with Crippen molar-refractivity contribution in [2.45, 2.75) is 0 Å². The van der Waals surface area contributed by atoms with Crippen molar-refractivity contribution in [1.82, 2.24) is 4.90 Å². The standard InChI is InChI=1S/C9H16NO5P/c1-10(4-3-9(11)12-2)5-6-13-16-14-7-8-15-16/h3-4H,5-8H2,1-2H3/b4-3+. The molecule has 0 N–H and O–H groups in total. The van der Waals surface area contributed by atoms with E-state index < -0.39 is 8.60 Å². The fourth-order valence-corrected chi connectivity index (χ4v) is 1.83. The third-order valence-corrected chi connectivity index (χ3v) is 2.96. The molecule has 1 saturated heterocycles. The molecule has 6 nitrogen and oxygen atoms in total. The van der Waals surface area contributed by atoms with Crippen molar-refractivity contribution >= 4 is 14.6 Å². The van der Waals surface area contributed by atoms with E-state index in [9.17, 15) is 4.79 Å². The van der Waals surface area contributed by atoms with Crippen LogP contribution >= 0.6 is 8.60 Å². The first-order valence-corrected chi connectivity index (χ1v) is 5.97. The van der Waals surface area contributed by atoms with Gasteiger partial charge in [-0.25, -0.2) is 4.79 Å². The van der Waals surface area contributed by atoms with Gasteiger partial charge in [-0.3, -0.25) is 0 Å². The van der Waals surface area contributed by atoms with E-state index in [1.165, 1.54) is 13.2 Å². The summed E-state index contributed by atoms with van der Waals surface area (Å²) in [7, 11) is 2.04. The van der Waals surface area contributed by atoms with Crippen molar-refractivity contribution in [1.29, 1.82) is 0 Å². The Labute approximate surface area is 96.1 Å². The normalized spacial score (nSPS) is 16.9. The quantitative estimate of drug-likeness (QED) is 0.396. The number of methoxy groups -OCH3 is 1. The molecule has 0 bridgehead atoms. The number of carbonyl (C=O) groups is 1. The first-order chi connectivity index (χ1) is 7.72. The van der Waals surface area contributed by atoms with Gasteiger partial charge in [-0.2, -0.15) is 0 Å². The van der Waals surface area contributed by atoms with Gasteiger partial charge in [-0.1, -0.05) is 0 Å². The molecule has 0 atom stereocenters. The number of hydrogen-bond donors (Lipinski definition) is 0. The Balaban J connectivity index is 2.07. The summed E-state index contributed by atoms with van der Waals surface area (Å²) in [4.78, 5) is 12.6. The van der Waals surface area contributed by atoms with Crippen LogP contribution in [0.1, 0.15) is 0 Å². The molecule has 1 fully saturated rings. The van der Waals surface area contributed by atoms with E-state index in [-0.39, 0.29) is 5.97 Å². The van der Waals surface area contributed by atoms with E-state index in [1.54, 1.807) is 6.20 Å². The largest absolute Gasteiger partial charge is 0.466 e. The number of nitrogens with zero attached hydrogens (tertiary/aromatic N) is 1. The molecule has 7 heteroatoms. The highest BCUT2D eigenvalue weighted by molar-refractivity contribution is 7.41. The molecule has 1 rings (SSSR count). The molecule has 1 aliphatic heterocycles. The summed E-state index contributed by atoms with van der Waals surface area (Å²) in [5.74, 6) is -0.375. The van der Waals surface area contributed by atoms with Crippen LogP contribution in [0, 0.1) is 0 Å². The van der Waals surface area contributed by atoms with E-state index in [4.69, 9.17) is 13.6 Å². The zero-order valence-corrected chi connectivity index (χ0v) is 10.3. The fraction of sp³-hybridized carbons (Fsp3) is 0.667. The molecular weight excluding hydrogens is 233 g/mol. The number of carbonyl (C=O) groups excluding carboxylic acids is 1. The van der Waals surface area contributed by atoms with Gasteiger partial charge in [0.2, 0.25) is 0 Å². The van der Waals surface area contributed by atoms with Crippen LogP contribution in [-0.4, -0.2) is 51.4 Å². The smallest absolute Gasteiger partial charge is 0.332 e. The molecule has 0 radical (unpaired) electrons. The fourth-order valence-electron chi connectivity index (χ4n) is 0.925. The number of likely N-dealkylation sites (N-methyl/N-ethyl adjacent to an activating group) is 1. The van der Waals surface area contributed by atoms with Crippen molar-refractivity contribution < 1.29 is 23.1 Å². The summed E-state index contributed by atoms with van der Waals surface area (Å²) in [5.41, 5.74) is 0. The van der Waals surface area contributed by atoms with Gasteiger partial charge in [-0.15, -0.1) is 0 Å². The van der Waals surface area contributed by atoms with Crippen molar-refractivity contribution in [3.05, 3.63) is 12.3 Å². The molecule has 0 aromatic heterocycles. The third-order valence-electron chi connectivity index (χ3n) is 1.78. The van der Waals surface area contributed by atoms with Crippen LogP contribution in [0.5, 0.6) is 0 Å². The van der Waals surface area contributed by atoms with Crippen molar-refractivity contribution in [2.75, 3.05) is 40.5 Å². The lowest BCUT2D eigenvalue weighted by Gasteiger charge is -2.14. The van der Waals surface area contributed by atoms with Crippen LogP contribution in [0.3, 0.4) is 0 Å². The van der Waals surface area contributed by atoms with Gasteiger partial charge in [0.25, 0.3) is 0 Å². The zero-order valence-electron chi connectivity index (χ0n) is 9.42. The van der Waals surface area contributed by atoms with Gasteiger partial charge >= 0.3 is 14.6 Å². The van der Waals surface area contributed by atoms with Gasteiger partial charge in [0.1, 0.15) is 0 Å². The monoisotopic (exact) mass is 249 g/mol. The highest BCUT2D eigenvalue weighted by Gasteiger charge is 2.18. The first-order valence-electron chi connectivity index (χ1n) is 4.87. The molecular formula is C9H16NO5P. The van der Waals surface area contributed by atoms with Gasteiger partial charge in [0.15, 0.2) is 0 Å². The Hall–Kier alpha value is -0.680. The molecule has 0 unspecified atom stereocenters. The second kappa shape index (κ2) is 7.57. The number of rotatable bonds is 6. The number of esters is 1. The lowest BCUT2D eigenvalue weighted by atomic mass is 10.5. The van der Waals surface area contributed by atoms with Gasteiger partial charge in [0.05, 0.1) is 26.9 Å². The van der Waals surface area contributed by atoms with Gasteiger partial charge in [-0.05, 0) is 0 Å². The number of ether oxygens (including phenoxy) is 1. The van der Waals surface area contributed by atoms with Crippen LogP contribution in [0.4, 0.5) is 0 Å². The maximum absolute atomic E-state index is 10.8. The molecule has 0 aromatic rings. The van der Waals surface area contributed by atoms with Crippen LogP contribution in [0.2, 0.25) is 0 Å². The average molecular weight is 249 g/mol. The maximum Gasteiger partial charge on any atom is 0.332 e. The molecule has 16 heavy (non-hydrogen) atoms. The molecule has 0 aliphatic carbocycles. The predicted molar refractivity (Wildman–Crippen MR) is 58.6 cm³/mol. The Morgan fingerprint density at radius 3 is 2.81 bits per heavy atom. The van der Waals surface area contributed by atoms with Gasteiger partial charge < -0.3 is 23.2 Å². The van der Waals surface area contributed by atoms with E-state index in [1.807, 2.05) is 11.9 Å². The molecule has 0 saturated carbocycles. The lowest BCUT2D eigenvalue weighted by molar-refractivity contribution is -0.134. The minimum Gasteiger partial charge on any atom is -0.466 e. The average Bonchev–Trinajstić information content (AvgIpc) is 2.79. The summed E-state index contributed by atoms with van der Waals surface area (Å²) in [6.07, 6.45) is 2.99. The lowest BCUT2D eigenvalue weighted by Crippen LogP contribution is -2.17. The Bertz CT molecular complexity index is 242. The van der Waals surface area contributed by atoms with Crippen LogP contribution in [-0.2, 0) is 23.1 Å². The second-order valence-electron chi connectivity index (χ2n) is 3.04. The SMILES string of the molecule is COC(=O)/C=C/N(C)CCOP1OCCO1. The van der Waals surface area contributed by atoms with Crippen molar-refractivity contribution in [2.24, 2.45) is 0 Å². The van der Waals surface area contributed by atoms with Crippen LogP contribution < -0.4 is 0 Å². The third kappa shape index (κ3) is 5.42. The molecule has 1 aliphatic rings. The first kappa shape index (κ1) is 13.4. The van der Waals surface area contributed by atoms with E-state index in [0.29, 0.717) is 26.4 Å². The molecule has 92 valence electrons. The minimum absolute atomic E-state index is 0.375. The molecule has 0 spiro atoms. The molecule has 1 heterocycles. The minimum atomic E-state index is -1.14.